The molecule has 2 aromatic rings. The molecule has 0 aliphatic carbocycles. The van der Waals surface area contributed by atoms with Crippen LogP contribution in [-0.2, 0) is 21.2 Å². The van der Waals surface area contributed by atoms with Crippen LogP contribution in [0.1, 0.15) is 18.4 Å². The number of hydrogen-bond acceptors (Lipinski definition) is 4. The molecule has 1 aliphatic heterocycles. The summed E-state index contributed by atoms with van der Waals surface area (Å²) >= 11 is 0. The second-order valence-corrected chi connectivity index (χ2v) is 8.02. The molecule has 1 saturated heterocycles. The normalized spacial score (nSPS) is 18.7. The van der Waals surface area contributed by atoms with Crippen LogP contribution in [0.2, 0.25) is 0 Å². The minimum Gasteiger partial charge on any atom is -0.341 e. The highest BCUT2D eigenvalue weighted by Crippen LogP contribution is 2.18. The number of carbonyl (C=O) groups is 1. The first-order valence-corrected chi connectivity index (χ1v) is 9.89. The van der Waals surface area contributed by atoms with Crippen LogP contribution in [0.4, 0.5) is 0 Å². The summed E-state index contributed by atoms with van der Waals surface area (Å²) in [6.45, 7) is 1.09. The van der Waals surface area contributed by atoms with Crippen LogP contribution in [0.5, 0.6) is 0 Å². The van der Waals surface area contributed by atoms with E-state index in [1.165, 1.54) is 0 Å². The molecule has 0 radical (unpaired) electrons. The van der Waals surface area contributed by atoms with Gasteiger partial charge < -0.3 is 4.90 Å². The summed E-state index contributed by atoms with van der Waals surface area (Å²) in [6.07, 6.45) is 4.71. The summed E-state index contributed by atoms with van der Waals surface area (Å²) in [6, 6.07) is 9.47. The summed E-state index contributed by atoms with van der Waals surface area (Å²) in [5.41, 5.74) is 1.74. The predicted octanol–water partition coefficient (Wildman–Crippen LogP) is 1.32. The highest BCUT2D eigenvalue weighted by Gasteiger charge is 2.25. The molecular weight excluding hydrogens is 326 g/mol. The average Bonchev–Trinajstić information content (AvgIpc) is 2.54. The molecule has 24 heavy (non-hydrogen) atoms. The van der Waals surface area contributed by atoms with Crippen molar-refractivity contribution in [3.05, 3.63) is 42.1 Å². The smallest absolute Gasteiger partial charge is 0.227 e. The van der Waals surface area contributed by atoms with Gasteiger partial charge >= 0.3 is 0 Å². The second kappa shape index (κ2) is 6.86. The maximum atomic E-state index is 12.6. The fraction of sp³-hybridized carbons (Fsp3) is 0.412. The SMILES string of the molecule is CS(=O)(=O)N[C@H]1CCCN(C(=O)Cc2cccc3cccnc23)C1. The van der Waals surface area contributed by atoms with Crippen LogP contribution in [0.3, 0.4) is 0 Å². The first kappa shape index (κ1) is 16.9. The van der Waals surface area contributed by atoms with Crippen LogP contribution in [0.25, 0.3) is 10.9 Å². The summed E-state index contributed by atoms with van der Waals surface area (Å²) in [5.74, 6) is 0.00755. The number of nitrogens with zero attached hydrogens (tertiary/aromatic N) is 2. The second-order valence-electron chi connectivity index (χ2n) is 6.24. The highest BCUT2D eigenvalue weighted by molar-refractivity contribution is 7.88. The molecule has 1 atom stereocenters. The number of rotatable bonds is 4. The predicted molar refractivity (Wildman–Crippen MR) is 93.0 cm³/mol. The number of benzene rings is 1. The van der Waals surface area contributed by atoms with Crippen molar-refractivity contribution in [2.24, 2.45) is 0 Å². The molecule has 1 aliphatic rings. The van der Waals surface area contributed by atoms with Gasteiger partial charge in [0.25, 0.3) is 0 Å². The van der Waals surface area contributed by atoms with E-state index in [1.54, 1.807) is 11.1 Å². The lowest BCUT2D eigenvalue weighted by molar-refractivity contribution is -0.131. The van der Waals surface area contributed by atoms with Gasteiger partial charge in [0, 0.05) is 30.7 Å². The molecule has 6 nitrogen and oxygen atoms in total. The third-order valence-corrected chi connectivity index (χ3v) is 4.97. The average molecular weight is 347 g/mol. The van der Waals surface area contributed by atoms with E-state index in [1.807, 2.05) is 30.3 Å². The quantitative estimate of drug-likeness (QED) is 0.905. The third kappa shape index (κ3) is 4.10. The molecule has 0 unspecified atom stereocenters. The molecule has 0 saturated carbocycles. The van der Waals surface area contributed by atoms with Crippen LogP contribution in [0.15, 0.2) is 36.5 Å². The van der Waals surface area contributed by atoms with Crippen molar-refractivity contribution in [1.82, 2.24) is 14.6 Å². The van der Waals surface area contributed by atoms with Gasteiger partial charge in [-0.1, -0.05) is 24.3 Å². The van der Waals surface area contributed by atoms with Crippen molar-refractivity contribution >= 4 is 26.8 Å². The Kier molecular flexibility index (Phi) is 4.82. The molecule has 1 N–H and O–H groups in total. The molecule has 128 valence electrons. The third-order valence-electron chi connectivity index (χ3n) is 4.21. The first-order valence-electron chi connectivity index (χ1n) is 8.00. The van der Waals surface area contributed by atoms with Gasteiger partial charge in [-0.2, -0.15) is 0 Å². The van der Waals surface area contributed by atoms with E-state index >= 15 is 0 Å². The molecular formula is C17H21N3O3S. The van der Waals surface area contributed by atoms with E-state index in [0.717, 1.165) is 35.6 Å². The van der Waals surface area contributed by atoms with Crippen molar-refractivity contribution in [2.45, 2.75) is 25.3 Å². The van der Waals surface area contributed by atoms with E-state index in [9.17, 15) is 13.2 Å². The van der Waals surface area contributed by atoms with Gasteiger partial charge in [-0.05, 0) is 24.5 Å². The Morgan fingerprint density at radius 2 is 2.12 bits per heavy atom. The first-order chi connectivity index (χ1) is 11.4. The van der Waals surface area contributed by atoms with Gasteiger partial charge in [0.2, 0.25) is 15.9 Å². The van der Waals surface area contributed by atoms with Gasteiger partial charge in [-0.25, -0.2) is 13.1 Å². The molecule has 3 rings (SSSR count). The van der Waals surface area contributed by atoms with Crippen molar-refractivity contribution in [1.29, 1.82) is 0 Å². The van der Waals surface area contributed by atoms with E-state index < -0.39 is 10.0 Å². The summed E-state index contributed by atoms with van der Waals surface area (Å²) < 4.78 is 25.4. The monoisotopic (exact) mass is 347 g/mol. The zero-order valence-electron chi connectivity index (χ0n) is 13.6. The summed E-state index contributed by atoms with van der Waals surface area (Å²) in [5, 5.41) is 1.01. The Labute approximate surface area is 141 Å². The summed E-state index contributed by atoms with van der Waals surface area (Å²) in [7, 11) is -3.26. The van der Waals surface area contributed by atoms with E-state index in [4.69, 9.17) is 0 Å². The van der Waals surface area contributed by atoms with Gasteiger partial charge in [0.15, 0.2) is 0 Å². The van der Waals surface area contributed by atoms with Crippen LogP contribution < -0.4 is 4.72 Å². The van der Waals surface area contributed by atoms with Crippen molar-refractivity contribution in [3.8, 4) is 0 Å². The Balaban J connectivity index is 1.72. The van der Waals surface area contributed by atoms with Crippen LogP contribution >= 0.6 is 0 Å². The topological polar surface area (TPSA) is 79.4 Å². The van der Waals surface area contributed by atoms with E-state index in [2.05, 4.69) is 9.71 Å². The molecule has 1 fully saturated rings. The number of aromatic nitrogens is 1. The van der Waals surface area contributed by atoms with Gasteiger partial charge in [0.05, 0.1) is 18.2 Å². The standard InChI is InChI=1S/C17H21N3O3S/c1-24(22,23)19-15-8-4-10-20(12-15)16(21)11-14-6-2-5-13-7-3-9-18-17(13)14/h2-3,5-7,9,15,19H,4,8,10-12H2,1H3/t15-/m0/s1. The fourth-order valence-electron chi connectivity index (χ4n) is 3.19. The maximum Gasteiger partial charge on any atom is 0.227 e. The Bertz CT molecular complexity index is 846. The van der Waals surface area contributed by atoms with Crippen molar-refractivity contribution < 1.29 is 13.2 Å². The number of piperidine rings is 1. The largest absolute Gasteiger partial charge is 0.341 e. The fourth-order valence-corrected chi connectivity index (χ4v) is 3.99. The molecule has 0 spiro atoms. The van der Waals surface area contributed by atoms with Gasteiger partial charge in [0.1, 0.15) is 0 Å². The van der Waals surface area contributed by atoms with Gasteiger partial charge in [-0.3, -0.25) is 9.78 Å². The minimum atomic E-state index is -3.26. The van der Waals surface area contributed by atoms with Gasteiger partial charge in [-0.15, -0.1) is 0 Å². The molecule has 0 bridgehead atoms. The number of fused-ring (bicyclic) bond motifs is 1. The number of carbonyl (C=O) groups excluding carboxylic acids is 1. The van der Waals surface area contributed by atoms with E-state index in [-0.39, 0.29) is 18.4 Å². The Morgan fingerprint density at radius 1 is 1.33 bits per heavy atom. The number of amides is 1. The Morgan fingerprint density at radius 3 is 2.92 bits per heavy atom. The molecule has 1 aromatic carbocycles. The number of hydrogen-bond donors (Lipinski definition) is 1. The highest BCUT2D eigenvalue weighted by atomic mass is 32.2. The van der Waals surface area contributed by atoms with E-state index in [0.29, 0.717) is 13.1 Å². The number of nitrogens with one attached hydrogen (secondary N) is 1. The molecule has 7 heteroatoms. The number of para-hydroxylation sites is 1. The number of pyridine rings is 1. The molecule has 1 aromatic heterocycles. The number of likely N-dealkylation sites (tertiary alicyclic amines) is 1. The zero-order chi connectivity index (χ0) is 17.2. The molecule has 1 amide bonds. The van der Waals surface area contributed by atoms with Crippen LogP contribution in [-0.4, -0.2) is 49.6 Å². The maximum absolute atomic E-state index is 12.6. The number of sulfonamides is 1. The lowest BCUT2D eigenvalue weighted by Gasteiger charge is -2.33. The van der Waals surface area contributed by atoms with Crippen molar-refractivity contribution in [3.63, 3.8) is 0 Å². The minimum absolute atomic E-state index is 0.00755. The summed E-state index contributed by atoms with van der Waals surface area (Å²) in [4.78, 5) is 18.8. The molecule has 2 heterocycles. The van der Waals surface area contributed by atoms with Crippen molar-refractivity contribution in [2.75, 3.05) is 19.3 Å². The lowest BCUT2D eigenvalue weighted by atomic mass is 10.0. The van der Waals surface area contributed by atoms with Crippen LogP contribution in [0, 0.1) is 0 Å². The Hall–Kier alpha value is -1.99. The zero-order valence-corrected chi connectivity index (χ0v) is 14.4. The lowest BCUT2D eigenvalue weighted by Crippen LogP contribution is -2.49.